The Bertz CT molecular complexity index is 705. The Labute approximate surface area is 130 Å². The van der Waals surface area contributed by atoms with E-state index in [0.717, 1.165) is 22.6 Å². The summed E-state index contributed by atoms with van der Waals surface area (Å²) in [5.74, 6) is 1.35. The van der Waals surface area contributed by atoms with Crippen LogP contribution in [0.1, 0.15) is 25.0 Å². The Hall–Kier alpha value is -2.49. The summed E-state index contributed by atoms with van der Waals surface area (Å²) < 4.78 is 10.7. The monoisotopic (exact) mass is 297 g/mol. The first-order valence-corrected chi connectivity index (χ1v) is 7.25. The summed E-state index contributed by atoms with van der Waals surface area (Å²) in [4.78, 5) is 12.6. The maximum atomic E-state index is 12.6. The molecule has 2 aromatic carbocycles. The number of aryl methyl sites for hydroxylation is 1. The first kappa shape index (κ1) is 14.4. The van der Waals surface area contributed by atoms with Crippen LogP contribution < -0.4 is 14.8 Å². The van der Waals surface area contributed by atoms with Crippen molar-refractivity contribution in [3.8, 4) is 11.5 Å². The molecule has 4 heteroatoms. The van der Waals surface area contributed by atoms with E-state index in [4.69, 9.17) is 9.47 Å². The lowest BCUT2D eigenvalue weighted by Gasteiger charge is -2.24. The van der Waals surface area contributed by atoms with Crippen LogP contribution >= 0.6 is 0 Å². The van der Waals surface area contributed by atoms with E-state index in [0.29, 0.717) is 5.75 Å². The Morgan fingerprint density at radius 3 is 2.45 bits per heavy atom. The third-order valence-corrected chi connectivity index (χ3v) is 3.97. The second kappa shape index (κ2) is 5.37. The van der Waals surface area contributed by atoms with Crippen molar-refractivity contribution in [3.05, 3.63) is 53.6 Å². The van der Waals surface area contributed by atoms with E-state index < -0.39 is 5.41 Å². The van der Waals surface area contributed by atoms with Gasteiger partial charge in [0.05, 0.1) is 5.41 Å². The zero-order valence-electron chi connectivity index (χ0n) is 13.0. The molecule has 0 saturated carbocycles. The van der Waals surface area contributed by atoms with Crippen LogP contribution in [0.15, 0.2) is 42.5 Å². The molecule has 1 aliphatic rings. The van der Waals surface area contributed by atoms with Gasteiger partial charge < -0.3 is 14.8 Å². The molecule has 0 aliphatic carbocycles. The van der Waals surface area contributed by atoms with Crippen LogP contribution in [0, 0.1) is 6.92 Å². The number of benzene rings is 2. The van der Waals surface area contributed by atoms with Gasteiger partial charge in [-0.1, -0.05) is 23.8 Å². The number of ether oxygens (including phenoxy) is 2. The summed E-state index contributed by atoms with van der Waals surface area (Å²) in [6.45, 7) is 6.04. The van der Waals surface area contributed by atoms with E-state index in [1.807, 2.05) is 63.2 Å². The van der Waals surface area contributed by atoms with Gasteiger partial charge in [0.25, 0.3) is 0 Å². The number of anilines is 1. The highest BCUT2D eigenvalue weighted by Gasteiger charge is 2.31. The first-order chi connectivity index (χ1) is 10.5. The largest absolute Gasteiger partial charge is 0.454 e. The van der Waals surface area contributed by atoms with Crippen molar-refractivity contribution >= 4 is 11.6 Å². The molecule has 0 spiro atoms. The van der Waals surface area contributed by atoms with E-state index in [1.165, 1.54) is 0 Å². The number of fused-ring (bicyclic) bond motifs is 1. The average Bonchev–Trinajstić information content (AvgIpc) is 2.97. The molecule has 3 rings (SSSR count). The smallest absolute Gasteiger partial charge is 0.234 e. The van der Waals surface area contributed by atoms with Gasteiger partial charge in [-0.15, -0.1) is 0 Å². The number of carbonyl (C=O) groups is 1. The molecule has 1 N–H and O–H groups in total. The average molecular weight is 297 g/mol. The topological polar surface area (TPSA) is 47.6 Å². The maximum Gasteiger partial charge on any atom is 0.234 e. The first-order valence-electron chi connectivity index (χ1n) is 7.25. The van der Waals surface area contributed by atoms with E-state index in [1.54, 1.807) is 0 Å². The lowest BCUT2D eigenvalue weighted by Crippen LogP contribution is -2.34. The number of nitrogens with one attached hydrogen (secondary N) is 1. The van der Waals surface area contributed by atoms with Gasteiger partial charge in [-0.05, 0) is 50.6 Å². The van der Waals surface area contributed by atoms with E-state index in [2.05, 4.69) is 5.32 Å². The molecule has 0 bridgehead atoms. The van der Waals surface area contributed by atoms with Crippen LogP contribution in [-0.4, -0.2) is 12.7 Å². The fraction of sp³-hybridized carbons (Fsp3) is 0.278. The van der Waals surface area contributed by atoms with Gasteiger partial charge in [-0.3, -0.25) is 4.79 Å². The summed E-state index contributed by atoms with van der Waals surface area (Å²) in [6.07, 6.45) is 0. The second-order valence-electron chi connectivity index (χ2n) is 6.01. The Morgan fingerprint density at radius 2 is 1.73 bits per heavy atom. The third kappa shape index (κ3) is 2.64. The number of amides is 1. The normalized spacial score (nSPS) is 13.0. The standard InChI is InChI=1S/C18H19NO3/c1-12-4-7-14(8-5-12)19-17(20)18(2,3)13-6-9-15-16(10-13)22-11-21-15/h4-10H,11H2,1-3H3,(H,19,20). The maximum absolute atomic E-state index is 12.6. The van der Waals surface area contributed by atoms with Gasteiger partial charge in [0, 0.05) is 5.69 Å². The van der Waals surface area contributed by atoms with Crippen LogP contribution in [0.4, 0.5) is 5.69 Å². The van der Waals surface area contributed by atoms with Crippen LogP contribution in [0.5, 0.6) is 11.5 Å². The fourth-order valence-electron chi connectivity index (χ4n) is 2.34. The minimum absolute atomic E-state index is 0.0600. The van der Waals surface area contributed by atoms with E-state index in [9.17, 15) is 4.79 Å². The highest BCUT2D eigenvalue weighted by atomic mass is 16.7. The lowest BCUT2D eigenvalue weighted by molar-refractivity contribution is -0.120. The van der Waals surface area contributed by atoms with Gasteiger partial charge in [-0.25, -0.2) is 0 Å². The van der Waals surface area contributed by atoms with Gasteiger partial charge >= 0.3 is 0 Å². The van der Waals surface area contributed by atoms with Gasteiger partial charge in [0.15, 0.2) is 11.5 Å². The summed E-state index contributed by atoms with van der Waals surface area (Å²) >= 11 is 0. The molecule has 1 aliphatic heterocycles. The SMILES string of the molecule is Cc1ccc(NC(=O)C(C)(C)c2ccc3c(c2)OCO3)cc1. The highest BCUT2D eigenvalue weighted by Crippen LogP contribution is 2.36. The van der Waals surface area contributed by atoms with Crippen molar-refractivity contribution in [2.45, 2.75) is 26.2 Å². The van der Waals surface area contributed by atoms with Crippen LogP contribution in [0.3, 0.4) is 0 Å². The number of carbonyl (C=O) groups excluding carboxylic acids is 1. The molecule has 0 radical (unpaired) electrons. The van der Waals surface area contributed by atoms with Crippen molar-refractivity contribution in [1.29, 1.82) is 0 Å². The second-order valence-corrected chi connectivity index (χ2v) is 6.01. The minimum Gasteiger partial charge on any atom is -0.454 e. The Balaban J connectivity index is 1.82. The van der Waals surface area contributed by atoms with Crippen LogP contribution in [-0.2, 0) is 10.2 Å². The van der Waals surface area contributed by atoms with Gasteiger partial charge in [0.1, 0.15) is 0 Å². The summed E-state index contributed by atoms with van der Waals surface area (Å²) in [5.41, 5.74) is 2.17. The molecular weight excluding hydrogens is 278 g/mol. The third-order valence-electron chi connectivity index (χ3n) is 3.97. The Kier molecular flexibility index (Phi) is 3.53. The zero-order valence-corrected chi connectivity index (χ0v) is 13.0. The number of hydrogen-bond acceptors (Lipinski definition) is 3. The lowest BCUT2D eigenvalue weighted by atomic mass is 9.83. The van der Waals surface area contributed by atoms with Crippen molar-refractivity contribution in [3.63, 3.8) is 0 Å². The summed E-state index contributed by atoms with van der Waals surface area (Å²) in [7, 11) is 0. The minimum atomic E-state index is -0.675. The molecule has 22 heavy (non-hydrogen) atoms. The van der Waals surface area contributed by atoms with Crippen molar-refractivity contribution in [2.24, 2.45) is 0 Å². The quantitative estimate of drug-likeness (QED) is 0.941. The summed E-state index contributed by atoms with van der Waals surface area (Å²) in [5, 5.41) is 2.96. The number of hydrogen-bond donors (Lipinski definition) is 1. The van der Waals surface area contributed by atoms with E-state index in [-0.39, 0.29) is 12.7 Å². The summed E-state index contributed by atoms with van der Waals surface area (Å²) in [6, 6.07) is 13.4. The van der Waals surface area contributed by atoms with E-state index >= 15 is 0 Å². The van der Waals surface area contributed by atoms with Crippen molar-refractivity contribution < 1.29 is 14.3 Å². The fourth-order valence-corrected chi connectivity index (χ4v) is 2.34. The molecule has 0 saturated heterocycles. The molecule has 1 heterocycles. The van der Waals surface area contributed by atoms with Crippen LogP contribution in [0.25, 0.3) is 0 Å². The Morgan fingerprint density at radius 1 is 1.05 bits per heavy atom. The van der Waals surface area contributed by atoms with Crippen molar-refractivity contribution in [1.82, 2.24) is 0 Å². The van der Waals surface area contributed by atoms with Gasteiger partial charge in [0.2, 0.25) is 12.7 Å². The molecule has 0 atom stereocenters. The predicted octanol–water partition coefficient (Wildman–Crippen LogP) is 3.64. The van der Waals surface area contributed by atoms with Gasteiger partial charge in [-0.2, -0.15) is 0 Å². The molecule has 0 aromatic heterocycles. The molecule has 1 amide bonds. The molecule has 114 valence electrons. The predicted molar refractivity (Wildman–Crippen MR) is 85.4 cm³/mol. The van der Waals surface area contributed by atoms with Crippen molar-refractivity contribution in [2.75, 3.05) is 12.1 Å². The molecule has 0 fully saturated rings. The molecule has 0 unspecified atom stereocenters. The molecule has 4 nitrogen and oxygen atoms in total. The zero-order chi connectivity index (χ0) is 15.7. The highest BCUT2D eigenvalue weighted by molar-refractivity contribution is 5.98. The molecular formula is C18H19NO3. The molecule has 2 aromatic rings. The van der Waals surface area contributed by atoms with Crippen LogP contribution in [0.2, 0.25) is 0 Å². The number of rotatable bonds is 3.